The van der Waals surface area contributed by atoms with Crippen molar-refractivity contribution in [2.45, 2.75) is 51.5 Å². The Kier molecular flexibility index (Phi) is 9.44. The average molecular weight is 584 g/mol. The lowest BCUT2D eigenvalue weighted by molar-refractivity contribution is -0.178. The van der Waals surface area contributed by atoms with Crippen molar-refractivity contribution in [1.29, 1.82) is 0 Å². The number of benzene rings is 2. The van der Waals surface area contributed by atoms with Crippen LogP contribution in [0.2, 0.25) is 5.02 Å². The Balaban J connectivity index is 1.86. The summed E-state index contributed by atoms with van der Waals surface area (Å²) in [6, 6.07) is 11.0. The zero-order valence-electron chi connectivity index (χ0n) is 19.6. The highest BCUT2D eigenvalue weighted by atomic mass is 79.9. The number of ether oxygens (including phenoxy) is 2. The number of rotatable bonds is 8. The standard InChI is InChI=1S/C25H25BrClFN2O6/c1-14(31)35-22(24(33)29-13-17-8-9-18(26)12-20(17)28)23(36-15(2)32)25(34)30-10-4-7-21(30)16-5-3-6-19(27)11-16/h3,5-6,8-9,11-12,21-23H,4,7,10,13H2,1-2H3,(H,29,33)/t21?,22-,23-/m1/s1. The molecule has 2 amide bonds. The molecule has 0 radical (unpaired) electrons. The fourth-order valence-corrected chi connectivity index (χ4v) is 4.59. The number of likely N-dealkylation sites (tertiary alicyclic amines) is 1. The molecule has 1 aliphatic heterocycles. The van der Waals surface area contributed by atoms with Crippen molar-refractivity contribution < 1.29 is 33.0 Å². The van der Waals surface area contributed by atoms with Gasteiger partial charge in [0.2, 0.25) is 12.2 Å². The molecule has 0 saturated carbocycles. The third-order valence-electron chi connectivity index (χ3n) is 5.60. The first-order chi connectivity index (χ1) is 17.1. The van der Waals surface area contributed by atoms with Crippen molar-refractivity contribution in [3.8, 4) is 0 Å². The predicted molar refractivity (Wildman–Crippen MR) is 132 cm³/mol. The molecule has 192 valence electrons. The van der Waals surface area contributed by atoms with E-state index in [-0.39, 0.29) is 18.2 Å². The van der Waals surface area contributed by atoms with Crippen LogP contribution in [0.1, 0.15) is 43.9 Å². The van der Waals surface area contributed by atoms with Crippen LogP contribution in [0.4, 0.5) is 4.39 Å². The molecule has 0 bridgehead atoms. The number of carbonyl (C=O) groups is 4. The van der Waals surface area contributed by atoms with Gasteiger partial charge in [0.05, 0.1) is 6.04 Å². The summed E-state index contributed by atoms with van der Waals surface area (Å²) < 4.78 is 25.1. The minimum absolute atomic E-state index is 0.170. The molecular weight excluding hydrogens is 559 g/mol. The van der Waals surface area contributed by atoms with Crippen LogP contribution < -0.4 is 5.32 Å². The first kappa shape index (κ1) is 27.6. The van der Waals surface area contributed by atoms with Crippen molar-refractivity contribution in [1.82, 2.24) is 10.2 Å². The fourth-order valence-electron chi connectivity index (χ4n) is 4.05. The SMILES string of the molecule is CC(=O)O[C@@H](C(=O)NCc1ccc(Br)cc1F)[C@@H](OC(C)=O)C(=O)N1CCCC1c1cccc(Cl)c1. The average Bonchev–Trinajstić information content (AvgIpc) is 3.30. The van der Waals surface area contributed by atoms with E-state index in [1.807, 2.05) is 6.07 Å². The predicted octanol–water partition coefficient (Wildman–Crippen LogP) is 4.08. The number of hydrogen-bond donors (Lipinski definition) is 1. The maximum atomic E-state index is 14.2. The molecule has 0 aromatic heterocycles. The Morgan fingerprint density at radius 1 is 1.11 bits per heavy atom. The lowest BCUT2D eigenvalue weighted by Gasteiger charge is -2.31. The lowest BCUT2D eigenvalue weighted by atomic mass is 10.0. The van der Waals surface area contributed by atoms with Crippen molar-refractivity contribution in [2.75, 3.05) is 6.54 Å². The van der Waals surface area contributed by atoms with Gasteiger partial charge in [-0.25, -0.2) is 4.39 Å². The van der Waals surface area contributed by atoms with Gasteiger partial charge < -0.3 is 19.7 Å². The van der Waals surface area contributed by atoms with Crippen LogP contribution in [0.25, 0.3) is 0 Å². The largest absolute Gasteiger partial charge is 0.448 e. The summed E-state index contributed by atoms with van der Waals surface area (Å²) in [7, 11) is 0. The monoisotopic (exact) mass is 582 g/mol. The second kappa shape index (κ2) is 12.3. The highest BCUT2D eigenvalue weighted by Crippen LogP contribution is 2.34. The second-order valence-corrected chi connectivity index (χ2v) is 9.61. The molecule has 1 fully saturated rings. The molecule has 1 saturated heterocycles. The van der Waals surface area contributed by atoms with E-state index >= 15 is 0 Å². The molecular formula is C25H25BrClFN2O6. The van der Waals surface area contributed by atoms with Crippen LogP contribution in [0.5, 0.6) is 0 Å². The van der Waals surface area contributed by atoms with E-state index in [0.717, 1.165) is 19.4 Å². The molecule has 11 heteroatoms. The molecule has 1 aliphatic rings. The van der Waals surface area contributed by atoms with E-state index in [9.17, 15) is 23.6 Å². The normalized spacial score (nSPS) is 16.7. The third kappa shape index (κ3) is 7.04. The number of hydrogen-bond acceptors (Lipinski definition) is 6. The summed E-state index contributed by atoms with van der Waals surface area (Å²) in [5, 5.41) is 2.96. The Labute approximate surface area is 221 Å². The van der Waals surface area contributed by atoms with Gasteiger partial charge in [0.1, 0.15) is 5.82 Å². The van der Waals surface area contributed by atoms with Gasteiger partial charge in [0.25, 0.3) is 11.8 Å². The summed E-state index contributed by atoms with van der Waals surface area (Å²) in [4.78, 5) is 51.9. The van der Waals surface area contributed by atoms with E-state index in [0.29, 0.717) is 28.9 Å². The first-order valence-electron chi connectivity index (χ1n) is 11.2. The van der Waals surface area contributed by atoms with Crippen LogP contribution in [-0.4, -0.2) is 47.4 Å². The number of amides is 2. The number of carbonyl (C=O) groups excluding carboxylic acids is 4. The topological polar surface area (TPSA) is 102 Å². The van der Waals surface area contributed by atoms with Crippen LogP contribution in [0, 0.1) is 5.82 Å². The molecule has 2 aromatic rings. The van der Waals surface area contributed by atoms with Gasteiger partial charge >= 0.3 is 11.9 Å². The maximum Gasteiger partial charge on any atom is 0.303 e. The number of esters is 2. The molecule has 0 aliphatic carbocycles. The van der Waals surface area contributed by atoms with Crippen molar-refractivity contribution >= 4 is 51.3 Å². The number of nitrogens with one attached hydrogen (secondary N) is 1. The molecule has 3 atom stereocenters. The van der Waals surface area contributed by atoms with Crippen molar-refractivity contribution in [2.24, 2.45) is 0 Å². The van der Waals surface area contributed by atoms with Gasteiger partial charge in [0.15, 0.2) is 0 Å². The van der Waals surface area contributed by atoms with Crippen LogP contribution in [0.3, 0.4) is 0 Å². The van der Waals surface area contributed by atoms with Crippen LogP contribution in [0.15, 0.2) is 46.9 Å². The van der Waals surface area contributed by atoms with Gasteiger partial charge in [0, 0.05) is 42.0 Å². The smallest absolute Gasteiger partial charge is 0.303 e. The van der Waals surface area contributed by atoms with Crippen LogP contribution >= 0.6 is 27.5 Å². The van der Waals surface area contributed by atoms with E-state index < -0.39 is 41.8 Å². The molecule has 1 N–H and O–H groups in total. The second-order valence-electron chi connectivity index (χ2n) is 8.26. The Morgan fingerprint density at radius 3 is 2.44 bits per heavy atom. The summed E-state index contributed by atoms with van der Waals surface area (Å²) in [5.41, 5.74) is 0.957. The quantitative estimate of drug-likeness (QED) is 0.470. The molecule has 2 aromatic carbocycles. The summed E-state index contributed by atoms with van der Waals surface area (Å²) in [6.45, 7) is 2.24. The maximum absolute atomic E-state index is 14.2. The minimum Gasteiger partial charge on any atom is -0.448 e. The Bertz CT molecular complexity index is 1160. The highest BCUT2D eigenvalue weighted by Gasteiger charge is 2.44. The molecule has 1 unspecified atom stereocenters. The summed E-state index contributed by atoms with van der Waals surface area (Å²) in [6.07, 6.45) is -2.21. The van der Waals surface area contributed by atoms with E-state index in [1.165, 1.54) is 17.0 Å². The lowest BCUT2D eigenvalue weighted by Crippen LogP contribution is -2.53. The molecule has 8 nitrogen and oxygen atoms in total. The van der Waals surface area contributed by atoms with E-state index in [1.54, 1.807) is 24.3 Å². The minimum atomic E-state index is -1.78. The van der Waals surface area contributed by atoms with Crippen molar-refractivity contribution in [3.05, 3.63) is 68.9 Å². The van der Waals surface area contributed by atoms with E-state index in [2.05, 4.69) is 21.2 Å². The third-order valence-corrected chi connectivity index (χ3v) is 6.33. The van der Waals surface area contributed by atoms with Gasteiger partial charge in [-0.1, -0.05) is 45.7 Å². The first-order valence-corrected chi connectivity index (χ1v) is 12.4. The summed E-state index contributed by atoms with van der Waals surface area (Å²) >= 11 is 9.28. The Hall–Kier alpha value is -2.98. The molecule has 36 heavy (non-hydrogen) atoms. The zero-order chi connectivity index (χ0) is 26.4. The zero-order valence-corrected chi connectivity index (χ0v) is 22.0. The molecule has 1 heterocycles. The molecule has 0 spiro atoms. The van der Waals surface area contributed by atoms with Gasteiger partial charge in [-0.05, 0) is 42.7 Å². The number of nitrogens with zero attached hydrogens (tertiary/aromatic N) is 1. The molecule has 3 rings (SSSR count). The highest BCUT2D eigenvalue weighted by molar-refractivity contribution is 9.10. The fraction of sp³-hybridized carbons (Fsp3) is 0.360. The number of halogens is 3. The van der Waals surface area contributed by atoms with Crippen LogP contribution in [-0.2, 0) is 35.2 Å². The van der Waals surface area contributed by atoms with Gasteiger partial charge in [-0.2, -0.15) is 0 Å². The van der Waals surface area contributed by atoms with E-state index in [4.69, 9.17) is 21.1 Å². The van der Waals surface area contributed by atoms with Gasteiger partial charge in [-0.3, -0.25) is 19.2 Å². The van der Waals surface area contributed by atoms with Gasteiger partial charge in [-0.15, -0.1) is 0 Å². The van der Waals surface area contributed by atoms with Crippen molar-refractivity contribution in [3.63, 3.8) is 0 Å². The summed E-state index contributed by atoms with van der Waals surface area (Å²) in [5.74, 6) is -3.87. The Morgan fingerprint density at radius 2 is 1.81 bits per heavy atom.